The summed E-state index contributed by atoms with van der Waals surface area (Å²) in [6.07, 6.45) is 0. The van der Waals surface area contributed by atoms with Crippen molar-refractivity contribution in [3.8, 4) is 11.3 Å². The molecule has 0 saturated heterocycles. The van der Waals surface area contributed by atoms with Crippen molar-refractivity contribution in [1.29, 1.82) is 0 Å². The van der Waals surface area contributed by atoms with E-state index in [-0.39, 0.29) is 17.4 Å². The number of rotatable bonds is 3. The molecule has 0 saturated carbocycles. The van der Waals surface area contributed by atoms with E-state index < -0.39 is 5.56 Å². The molecule has 2 aromatic heterocycles. The van der Waals surface area contributed by atoms with E-state index in [2.05, 4.69) is 15.1 Å². The Morgan fingerprint density at radius 1 is 1.45 bits per heavy atom. The number of aliphatic imine (C=N–C) groups is 1. The number of para-hydroxylation sites is 1. The highest BCUT2D eigenvalue weighted by Crippen LogP contribution is 2.27. The Labute approximate surface area is 134 Å². The average Bonchev–Trinajstić information content (AvgIpc) is 2.87. The largest absolute Gasteiger partial charge is 0.386 e. The van der Waals surface area contributed by atoms with Gasteiger partial charge in [0.1, 0.15) is 5.84 Å². The van der Waals surface area contributed by atoms with E-state index in [1.165, 1.54) is 11.3 Å². The van der Waals surface area contributed by atoms with Gasteiger partial charge in [0.15, 0.2) is 5.69 Å². The second kappa shape index (κ2) is 5.86. The van der Waals surface area contributed by atoms with Gasteiger partial charge in [-0.05, 0) is 13.0 Å². The molecule has 0 bridgehead atoms. The van der Waals surface area contributed by atoms with E-state index in [9.17, 15) is 4.79 Å². The van der Waals surface area contributed by atoms with Gasteiger partial charge >= 0.3 is 5.56 Å². The van der Waals surface area contributed by atoms with Crippen LogP contribution in [-0.2, 0) is 0 Å². The topological polar surface area (TPSA) is 85.6 Å². The second-order valence-corrected chi connectivity index (χ2v) is 5.69. The van der Waals surface area contributed by atoms with Crippen LogP contribution in [-0.4, -0.2) is 26.3 Å². The van der Waals surface area contributed by atoms with Crippen LogP contribution in [0, 0.1) is 6.92 Å². The van der Waals surface area contributed by atoms with Crippen molar-refractivity contribution in [2.45, 2.75) is 6.92 Å². The van der Waals surface area contributed by atoms with Gasteiger partial charge in [0.25, 0.3) is 0 Å². The van der Waals surface area contributed by atoms with Crippen LogP contribution in [0.25, 0.3) is 16.2 Å². The molecule has 112 valence electrons. The molecule has 0 unspecified atom stereocenters. The third kappa shape index (κ3) is 2.60. The highest BCUT2D eigenvalue weighted by Gasteiger charge is 2.14. The third-order valence-corrected chi connectivity index (χ3v) is 4.22. The quantitative estimate of drug-likeness (QED) is 0.453. The summed E-state index contributed by atoms with van der Waals surface area (Å²) in [4.78, 5) is 21.1. The van der Waals surface area contributed by atoms with Crippen molar-refractivity contribution in [1.82, 2.24) is 14.6 Å². The highest BCUT2D eigenvalue weighted by atomic mass is 35.5. The molecule has 1 aromatic carbocycles. The molecular formula is C14H12ClN5OS. The Bertz CT molecular complexity index is 930. The average molecular weight is 334 g/mol. The number of benzene rings is 1. The summed E-state index contributed by atoms with van der Waals surface area (Å²) >= 11 is 7.04. The smallest absolute Gasteiger partial charge is 0.300 e. The zero-order valence-corrected chi connectivity index (χ0v) is 13.2. The fourth-order valence-corrected chi connectivity index (χ4v) is 2.85. The van der Waals surface area contributed by atoms with Crippen molar-refractivity contribution in [2.24, 2.45) is 10.7 Å². The van der Waals surface area contributed by atoms with Crippen LogP contribution >= 0.6 is 22.9 Å². The van der Waals surface area contributed by atoms with Gasteiger partial charge in [-0.1, -0.05) is 18.2 Å². The molecule has 2 heterocycles. The van der Waals surface area contributed by atoms with E-state index in [0.717, 1.165) is 5.69 Å². The number of thiazole rings is 1. The first-order valence-corrected chi connectivity index (χ1v) is 7.85. The minimum atomic E-state index is -0.394. The lowest BCUT2D eigenvalue weighted by Gasteiger charge is -2.05. The van der Waals surface area contributed by atoms with Crippen LogP contribution in [0.15, 0.2) is 39.4 Å². The molecule has 0 aliphatic carbocycles. The molecule has 2 N–H and O–H groups in total. The molecule has 0 aliphatic heterocycles. The molecule has 0 aliphatic rings. The van der Waals surface area contributed by atoms with Crippen molar-refractivity contribution in [3.05, 3.63) is 45.7 Å². The van der Waals surface area contributed by atoms with Gasteiger partial charge in [0, 0.05) is 10.9 Å². The van der Waals surface area contributed by atoms with Crippen molar-refractivity contribution < 1.29 is 0 Å². The normalized spacial score (nSPS) is 12.0. The van der Waals surface area contributed by atoms with E-state index in [1.54, 1.807) is 16.6 Å². The number of hydrogen-bond donors (Lipinski definition) is 1. The number of fused-ring (bicyclic) bond motifs is 1. The summed E-state index contributed by atoms with van der Waals surface area (Å²) < 4.78 is 1.65. The summed E-state index contributed by atoms with van der Waals surface area (Å²) in [7, 11) is 0. The van der Waals surface area contributed by atoms with Crippen LogP contribution in [0.2, 0.25) is 0 Å². The number of aromatic nitrogens is 3. The number of aryl methyl sites for hydroxylation is 1. The first kappa shape index (κ1) is 14.7. The lowest BCUT2D eigenvalue weighted by Crippen LogP contribution is -2.15. The molecular weight excluding hydrogens is 322 g/mol. The number of hydrogen-bond acceptors (Lipinski definition) is 5. The molecule has 22 heavy (non-hydrogen) atoms. The maximum absolute atomic E-state index is 12.3. The predicted molar refractivity (Wildman–Crippen MR) is 89.3 cm³/mol. The summed E-state index contributed by atoms with van der Waals surface area (Å²) in [5, 5.41) is 6.30. The summed E-state index contributed by atoms with van der Waals surface area (Å²) in [5.41, 5.74) is 7.56. The van der Waals surface area contributed by atoms with Gasteiger partial charge in [-0.2, -0.15) is 10.1 Å². The Balaban J connectivity index is 2.26. The fourth-order valence-electron chi connectivity index (χ4n) is 1.99. The fraction of sp³-hybridized carbons (Fsp3) is 0.143. The summed E-state index contributed by atoms with van der Waals surface area (Å²) in [5.74, 6) is 0.386. The van der Waals surface area contributed by atoms with Gasteiger partial charge < -0.3 is 5.73 Å². The van der Waals surface area contributed by atoms with Gasteiger partial charge in [0.05, 0.1) is 17.3 Å². The van der Waals surface area contributed by atoms with Gasteiger partial charge in [-0.25, -0.2) is 9.51 Å². The van der Waals surface area contributed by atoms with E-state index in [4.69, 9.17) is 17.3 Å². The molecule has 3 aromatic rings. The van der Waals surface area contributed by atoms with Crippen molar-refractivity contribution in [3.63, 3.8) is 0 Å². The minimum absolute atomic E-state index is 0.113. The summed E-state index contributed by atoms with van der Waals surface area (Å²) in [6, 6.07) is 7.13. The van der Waals surface area contributed by atoms with Gasteiger partial charge in [-0.3, -0.25) is 4.79 Å². The van der Waals surface area contributed by atoms with E-state index in [0.29, 0.717) is 16.2 Å². The van der Waals surface area contributed by atoms with Gasteiger partial charge in [0.2, 0.25) is 4.96 Å². The number of alkyl halides is 1. The number of amidine groups is 1. The zero-order valence-electron chi connectivity index (χ0n) is 11.7. The third-order valence-electron chi connectivity index (χ3n) is 3.01. The first-order valence-electron chi connectivity index (χ1n) is 6.43. The van der Waals surface area contributed by atoms with Gasteiger partial charge in [-0.15, -0.1) is 22.9 Å². The molecule has 0 spiro atoms. The predicted octanol–water partition coefficient (Wildman–Crippen LogP) is 2.35. The number of nitrogens with zero attached hydrogens (tertiary/aromatic N) is 4. The van der Waals surface area contributed by atoms with Crippen LogP contribution in [0.1, 0.15) is 5.69 Å². The Hall–Kier alpha value is -2.25. The van der Waals surface area contributed by atoms with E-state index >= 15 is 0 Å². The molecule has 0 radical (unpaired) electrons. The maximum Gasteiger partial charge on any atom is 0.300 e. The Kier molecular flexibility index (Phi) is 3.91. The van der Waals surface area contributed by atoms with Crippen molar-refractivity contribution >= 4 is 39.4 Å². The molecule has 0 amide bonds. The Morgan fingerprint density at radius 2 is 2.23 bits per heavy atom. The van der Waals surface area contributed by atoms with Crippen LogP contribution in [0.3, 0.4) is 0 Å². The van der Waals surface area contributed by atoms with Crippen LogP contribution in [0.4, 0.5) is 5.69 Å². The lowest BCUT2D eigenvalue weighted by atomic mass is 10.1. The second-order valence-electron chi connectivity index (χ2n) is 4.59. The Morgan fingerprint density at radius 3 is 3.00 bits per heavy atom. The zero-order chi connectivity index (χ0) is 15.7. The monoisotopic (exact) mass is 333 g/mol. The van der Waals surface area contributed by atoms with Crippen LogP contribution < -0.4 is 11.3 Å². The molecule has 6 nitrogen and oxygen atoms in total. The van der Waals surface area contributed by atoms with Crippen molar-refractivity contribution in [2.75, 3.05) is 5.88 Å². The lowest BCUT2D eigenvalue weighted by molar-refractivity contribution is 0.874. The molecule has 0 fully saturated rings. The molecule has 3 rings (SSSR count). The number of halogens is 1. The molecule has 0 atom stereocenters. The maximum atomic E-state index is 12.3. The molecule has 8 heteroatoms. The SMILES string of the molecule is Cc1csc2nc(=O)c(-c3ccccc3N=C(N)CCl)nn12. The summed E-state index contributed by atoms with van der Waals surface area (Å²) in [6.45, 7) is 1.90. The standard InChI is InChI=1S/C14H12ClN5OS/c1-8-7-22-14-18-13(21)12(19-20(8)14)9-4-2-3-5-10(9)17-11(16)6-15/h2-5,7H,6H2,1H3,(H2,16,17). The number of nitrogens with two attached hydrogens (primary N) is 1. The minimum Gasteiger partial charge on any atom is -0.386 e. The van der Waals surface area contributed by atoms with E-state index in [1.807, 2.05) is 24.4 Å². The van der Waals surface area contributed by atoms with Crippen LogP contribution in [0.5, 0.6) is 0 Å². The highest BCUT2D eigenvalue weighted by molar-refractivity contribution is 7.15. The first-order chi connectivity index (χ1) is 10.6.